The van der Waals surface area contributed by atoms with Crippen LogP contribution >= 0.6 is 11.3 Å². The Balaban J connectivity index is 1.67. The second kappa shape index (κ2) is 5.97. The lowest BCUT2D eigenvalue weighted by Gasteiger charge is -2.22. The molecule has 0 radical (unpaired) electrons. The fourth-order valence-electron chi connectivity index (χ4n) is 2.62. The molecule has 3 rings (SSSR count). The maximum Gasteiger partial charge on any atom is 0.265 e. The standard InChI is InChI=1S/C13H20N4O2S/c14-11-10(12(18)15-9-3-7-19-8-4-9)20-13(16-11)17-5-1-2-6-17/h9H,1-8,14H2,(H,15,18). The quantitative estimate of drug-likeness (QED) is 0.877. The summed E-state index contributed by atoms with van der Waals surface area (Å²) in [7, 11) is 0. The molecule has 0 bridgehead atoms. The minimum Gasteiger partial charge on any atom is -0.382 e. The Kier molecular flexibility index (Phi) is 4.07. The molecule has 2 fully saturated rings. The van der Waals surface area contributed by atoms with E-state index < -0.39 is 0 Å². The highest BCUT2D eigenvalue weighted by molar-refractivity contribution is 7.18. The molecule has 0 aromatic carbocycles. The number of carbonyl (C=O) groups excluding carboxylic acids is 1. The molecule has 0 spiro atoms. The van der Waals surface area contributed by atoms with Crippen molar-refractivity contribution in [1.29, 1.82) is 0 Å². The first-order valence-corrected chi connectivity index (χ1v) is 7.95. The van der Waals surface area contributed by atoms with Gasteiger partial charge in [-0.1, -0.05) is 11.3 Å². The molecule has 1 aromatic heterocycles. The van der Waals surface area contributed by atoms with Crippen LogP contribution in [0.5, 0.6) is 0 Å². The summed E-state index contributed by atoms with van der Waals surface area (Å²) in [4.78, 5) is 19.4. The van der Waals surface area contributed by atoms with E-state index in [0.29, 0.717) is 23.9 Å². The summed E-state index contributed by atoms with van der Waals surface area (Å²) in [6.45, 7) is 3.44. The molecule has 3 heterocycles. The molecule has 2 saturated heterocycles. The highest BCUT2D eigenvalue weighted by Gasteiger charge is 2.23. The number of anilines is 2. The SMILES string of the molecule is Nc1nc(N2CCCC2)sc1C(=O)NC1CCOCC1. The van der Waals surface area contributed by atoms with Crippen molar-refractivity contribution in [3.8, 4) is 0 Å². The number of rotatable bonds is 3. The van der Waals surface area contributed by atoms with Crippen molar-refractivity contribution in [2.75, 3.05) is 36.9 Å². The van der Waals surface area contributed by atoms with Crippen LogP contribution in [0.2, 0.25) is 0 Å². The molecule has 110 valence electrons. The minimum absolute atomic E-state index is 0.0997. The lowest BCUT2D eigenvalue weighted by molar-refractivity contribution is 0.0698. The monoisotopic (exact) mass is 296 g/mol. The molecular weight excluding hydrogens is 276 g/mol. The van der Waals surface area contributed by atoms with E-state index >= 15 is 0 Å². The smallest absolute Gasteiger partial charge is 0.265 e. The highest BCUT2D eigenvalue weighted by Crippen LogP contribution is 2.30. The Morgan fingerprint density at radius 3 is 2.75 bits per heavy atom. The Hall–Kier alpha value is -1.34. The van der Waals surface area contributed by atoms with Crippen LogP contribution in [0.15, 0.2) is 0 Å². The second-order valence-corrected chi connectivity index (χ2v) is 6.24. The zero-order valence-electron chi connectivity index (χ0n) is 11.4. The van der Waals surface area contributed by atoms with Gasteiger partial charge in [-0.3, -0.25) is 4.79 Å². The van der Waals surface area contributed by atoms with Gasteiger partial charge in [0.25, 0.3) is 5.91 Å². The lowest BCUT2D eigenvalue weighted by Crippen LogP contribution is -2.38. The van der Waals surface area contributed by atoms with E-state index in [1.165, 1.54) is 24.2 Å². The number of nitrogens with two attached hydrogens (primary N) is 1. The molecule has 0 aliphatic carbocycles. The number of carbonyl (C=O) groups is 1. The van der Waals surface area contributed by atoms with Gasteiger partial charge in [-0.2, -0.15) is 0 Å². The second-order valence-electron chi connectivity index (χ2n) is 5.27. The van der Waals surface area contributed by atoms with Gasteiger partial charge in [0.1, 0.15) is 10.7 Å². The third-order valence-electron chi connectivity index (χ3n) is 3.78. The lowest BCUT2D eigenvalue weighted by atomic mass is 10.1. The number of thiazole rings is 1. The van der Waals surface area contributed by atoms with Crippen molar-refractivity contribution in [1.82, 2.24) is 10.3 Å². The Morgan fingerprint density at radius 1 is 1.35 bits per heavy atom. The Bertz CT molecular complexity index is 479. The van der Waals surface area contributed by atoms with Crippen molar-refractivity contribution in [2.45, 2.75) is 31.7 Å². The topological polar surface area (TPSA) is 80.5 Å². The van der Waals surface area contributed by atoms with Crippen LogP contribution in [-0.2, 0) is 4.74 Å². The van der Waals surface area contributed by atoms with Gasteiger partial charge in [0.15, 0.2) is 5.13 Å². The maximum absolute atomic E-state index is 12.3. The molecular formula is C13H20N4O2S. The number of nitrogens with zero attached hydrogens (tertiary/aromatic N) is 2. The number of amides is 1. The third-order valence-corrected chi connectivity index (χ3v) is 4.91. The van der Waals surface area contributed by atoms with Crippen molar-refractivity contribution in [3.05, 3.63) is 4.88 Å². The number of nitrogens with one attached hydrogen (secondary N) is 1. The average Bonchev–Trinajstić information content (AvgIpc) is 3.08. The van der Waals surface area contributed by atoms with E-state index in [1.54, 1.807) is 0 Å². The minimum atomic E-state index is -0.0997. The summed E-state index contributed by atoms with van der Waals surface area (Å²) in [6, 6.07) is 0.188. The van der Waals surface area contributed by atoms with E-state index in [4.69, 9.17) is 10.5 Å². The molecule has 3 N–H and O–H groups in total. The van der Waals surface area contributed by atoms with Crippen LogP contribution in [0.25, 0.3) is 0 Å². The van der Waals surface area contributed by atoms with E-state index in [-0.39, 0.29) is 11.9 Å². The predicted molar refractivity (Wildman–Crippen MR) is 79.3 cm³/mol. The maximum atomic E-state index is 12.3. The summed E-state index contributed by atoms with van der Waals surface area (Å²) < 4.78 is 5.29. The number of hydrogen-bond donors (Lipinski definition) is 2. The fourth-order valence-corrected chi connectivity index (χ4v) is 3.56. The van der Waals surface area contributed by atoms with Gasteiger partial charge in [0.05, 0.1) is 0 Å². The number of hydrogen-bond acceptors (Lipinski definition) is 6. The predicted octanol–water partition coefficient (Wildman–Crippen LogP) is 1.23. The fraction of sp³-hybridized carbons (Fsp3) is 0.692. The van der Waals surface area contributed by atoms with Crippen LogP contribution in [0.1, 0.15) is 35.4 Å². The average molecular weight is 296 g/mol. The van der Waals surface area contributed by atoms with Crippen LogP contribution in [0.3, 0.4) is 0 Å². The van der Waals surface area contributed by atoms with Crippen LogP contribution < -0.4 is 16.0 Å². The Morgan fingerprint density at radius 2 is 2.05 bits per heavy atom. The van der Waals surface area contributed by atoms with Gasteiger partial charge in [0, 0.05) is 32.3 Å². The summed E-state index contributed by atoms with van der Waals surface area (Å²) in [5.41, 5.74) is 5.90. The third kappa shape index (κ3) is 2.88. The summed E-state index contributed by atoms with van der Waals surface area (Å²) >= 11 is 1.40. The van der Waals surface area contributed by atoms with Crippen molar-refractivity contribution < 1.29 is 9.53 Å². The number of ether oxygens (including phenoxy) is 1. The Labute approximate surface area is 122 Å². The largest absolute Gasteiger partial charge is 0.382 e. The molecule has 0 saturated carbocycles. The molecule has 6 nitrogen and oxygen atoms in total. The van der Waals surface area contributed by atoms with Crippen molar-refractivity contribution in [2.24, 2.45) is 0 Å². The molecule has 20 heavy (non-hydrogen) atoms. The molecule has 2 aliphatic rings. The van der Waals surface area contributed by atoms with Gasteiger partial charge >= 0.3 is 0 Å². The van der Waals surface area contributed by atoms with Crippen LogP contribution in [0.4, 0.5) is 10.9 Å². The van der Waals surface area contributed by atoms with Gasteiger partial charge in [-0.05, 0) is 25.7 Å². The van der Waals surface area contributed by atoms with E-state index in [9.17, 15) is 4.79 Å². The van der Waals surface area contributed by atoms with Crippen LogP contribution in [-0.4, -0.2) is 43.2 Å². The molecule has 2 aliphatic heterocycles. The number of nitrogen functional groups attached to an aromatic ring is 1. The molecule has 1 amide bonds. The van der Waals surface area contributed by atoms with E-state index in [1.807, 2.05) is 0 Å². The normalized spacial score (nSPS) is 20.3. The van der Waals surface area contributed by atoms with E-state index in [2.05, 4.69) is 15.2 Å². The summed E-state index contributed by atoms with van der Waals surface area (Å²) in [5, 5.41) is 3.91. The molecule has 0 atom stereocenters. The van der Waals surface area contributed by atoms with Gasteiger partial charge in [-0.25, -0.2) is 4.98 Å². The van der Waals surface area contributed by atoms with Crippen molar-refractivity contribution in [3.63, 3.8) is 0 Å². The van der Waals surface area contributed by atoms with E-state index in [0.717, 1.165) is 31.1 Å². The van der Waals surface area contributed by atoms with Gasteiger partial charge in [-0.15, -0.1) is 0 Å². The van der Waals surface area contributed by atoms with Crippen molar-refractivity contribution >= 4 is 28.2 Å². The van der Waals surface area contributed by atoms with Crippen LogP contribution in [0, 0.1) is 0 Å². The highest BCUT2D eigenvalue weighted by atomic mass is 32.1. The molecule has 7 heteroatoms. The zero-order chi connectivity index (χ0) is 13.9. The molecule has 1 aromatic rings. The zero-order valence-corrected chi connectivity index (χ0v) is 12.2. The van der Waals surface area contributed by atoms with Gasteiger partial charge < -0.3 is 20.7 Å². The first kappa shape index (κ1) is 13.6. The molecule has 0 unspecified atom stereocenters. The first-order valence-electron chi connectivity index (χ1n) is 7.14. The summed E-state index contributed by atoms with van der Waals surface area (Å²) in [5.74, 6) is 0.249. The van der Waals surface area contributed by atoms with Gasteiger partial charge in [0.2, 0.25) is 0 Å². The first-order chi connectivity index (χ1) is 9.74. The number of aromatic nitrogens is 1. The summed E-state index contributed by atoms with van der Waals surface area (Å²) in [6.07, 6.45) is 4.10.